The van der Waals surface area contributed by atoms with E-state index in [9.17, 15) is 9.59 Å². The van der Waals surface area contributed by atoms with Gasteiger partial charge in [0, 0.05) is 9.13 Å². The van der Waals surface area contributed by atoms with E-state index in [1.165, 1.54) is 0 Å². The summed E-state index contributed by atoms with van der Waals surface area (Å²) in [5.74, 6) is -1.03. The van der Waals surface area contributed by atoms with Gasteiger partial charge in [0.2, 0.25) is 0 Å². The van der Waals surface area contributed by atoms with Gasteiger partial charge in [-0.25, -0.2) is 0 Å². The lowest BCUT2D eigenvalue weighted by Crippen LogP contribution is -2.51. The van der Waals surface area contributed by atoms with Crippen molar-refractivity contribution >= 4 is 34.5 Å². The quantitative estimate of drug-likeness (QED) is 0.780. The maximum atomic E-state index is 12.3. The van der Waals surface area contributed by atoms with Gasteiger partial charge in [0.15, 0.2) is 0 Å². The molecule has 0 spiro atoms. The minimum atomic E-state index is -0.852. The van der Waals surface area contributed by atoms with Crippen molar-refractivity contribution in [2.24, 2.45) is 0 Å². The molecule has 5 heteroatoms. The molecule has 1 fully saturated rings. The zero-order valence-electron chi connectivity index (χ0n) is 11.2. The summed E-state index contributed by atoms with van der Waals surface area (Å²) in [5.41, 5.74) is 0.00913. The van der Waals surface area contributed by atoms with Gasteiger partial charge < -0.3 is 10.4 Å². The van der Waals surface area contributed by atoms with Crippen molar-refractivity contribution in [3.05, 3.63) is 33.4 Å². The molecule has 0 atom stereocenters. The molecule has 1 aromatic carbocycles. The summed E-state index contributed by atoms with van der Waals surface area (Å²) in [6.45, 7) is 0. The third-order valence-corrected chi connectivity index (χ3v) is 4.44. The molecule has 108 valence electrons. The number of nitrogens with one attached hydrogen (secondary N) is 1. The molecule has 20 heavy (non-hydrogen) atoms. The molecule has 0 aromatic heterocycles. The van der Waals surface area contributed by atoms with E-state index in [0.29, 0.717) is 5.56 Å². The van der Waals surface area contributed by atoms with Crippen molar-refractivity contribution < 1.29 is 14.7 Å². The average Bonchev–Trinajstić information content (AvgIpc) is 2.38. The average molecular weight is 387 g/mol. The van der Waals surface area contributed by atoms with Gasteiger partial charge in [0.1, 0.15) is 0 Å². The summed E-state index contributed by atoms with van der Waals surface area (Å²) in [6.07, 6.45) is 4.55. The van der Waals surface area contributed by atoms with Crippen LogP contribution in [0.3, 0.4) is 0 Å². The highest BCUT2D eigenvalue weighted by Gasteiger charge is 2.35. The fourth-order valence-corrected chi connectivity index (χ4v) is 3.35. The Bertz CT molecular complexity index is 510. The van der Waals surface area contributed by atoms with E-state index in [2.05, 4.69) is 27.9 Å². The zero-order valence-corrected chi connectivity index (χ0v) is 13.4. The highest BCUT2D eigenvalue weighted by molar-refractivity contribution is 14.1. The Balaban J connectivity index is 2.15. The molecule has 1 saturated carbocycles. The van der Waals surface area contributed by atoms with Gasteiger partial charge in [-0.15, -0.1) is 0 Å². The molecule has 1 aliphatic carbocycles. The molecule has 1 amide bonds. The monoisotopic (exact) mass is 387 g/mol. The van der Waals surface area contributed by atoms with Gasteiger partial charge in [-0.2, -0.15) is 0 Å². The molecular formula is C15H18INO3. The standard InChI is InChI=1S/C15H18INO3/c16-12-6-4-5-11(9-12)14(20)17-15(10-13(18)19)7-2-1-3-8-15/h4-6,9H,1-3,7-8,10H2,(H,17,20)(H,18,19). The Labute approximate surface area is 132 Å². The van der Waals surface area contributed by atoms with Crippen molar-refractivity contribution in [3.8, 4) is 0 Å². The number of carbonyl (C=O) groups is 2. The zero-order chi connectivity index (χ0) is 14.6. The third kappa shape index (κ3) is 3.94. The Morgan fingerprint density at radius 1 is 1.25 bits per heavy atom. The second-order valence-corrected chi connectivity index (χ2v) is 6.62. The van der Waals surface area contributed by atoms with Crippen molar-refractivity contribution in [1.29, 1.82) is 0 Å². The first-order valence-electron chi connectivity index (χ1n) is 6.81. The molecule has 1 aromatic rings. The van der Waals surface area contributed by atoms with Gasteiger partial charge in [0.25, 0.3) is 5.91 Å². The van der Waals surface area contributed by atoms with Crippen LogP contribution in [0.4, 0.5) is 0 Å². The molecule has 2 N–H and O–H groups in total. The van der Waals surface area contributed by atoms with Gasteiger partial charge in [-0.05, 0) is 53.6 Å². The number of carbonyl (C=O) groups excluding carboxylic acids is 1. The number of hydrogen-bond acceptors (Lipinski definition) is 2. The molecule has 1 aliphatic rings. The lowest BCUT2D eigenvalue weighted by molar-refractivity contribution is -0.139. The van der Waals surface area contributed by atoms with Gasteiger partial charge in [-0.1, -0.05) is 25.3 Å². The summed E-state index contributed by atoms with van der Waals surface area (Å²) in [6, 6.07) is 7.33. The van der Waals surface area contributed by atoms with Crippen LogP contribution in [0.1, 0.15) is 48.9 Å². The van der Waals surface area contributed by atoms with Crippen LogP contribution in [0, 0.1) is 3.57 Å². The Morgan fingerprint density at radius 2 is 1.95 bits per heavy atom. The first-order valence-corrected chi connectivity index (χ1v) is 7.89. The first kappa shape index (κ1) is 15.3. The van der Waals surface area contributed by atoms with Crippen molar-refractivity contribution in [3.63, 3.8) is 0 Å². The molecule has 4 nitrogen and oxygen atoms in total. The number of aliphatic carboxylic acids is 1. The number of carboxylic acid groups (broad SMARTS) is 1. The first-order chi connectivity index (χ1) is 9.51. The maximum Gasteiger partial charge on any atom is 0.305 e. The van der Waals surface area contributed by atoms with Crippen LogP contribution in [0.5, 0.6) is 0 Å². The molecule has 0 radical (unpaired) electrons. The predicted octanol–water partition coefficient (Wildman–Crippen LogP) is 3.20. The number of amides is 1. The highest BCUT2D eigenvalue weighted by Crippen LogP contribution is 2.31. The molecule has 0 heterocycles. The Hall–Kier alpha value is -1.11. The fourth-order valence-electron chi connectivity index (χ4n) is 2.81. The number of benzene rings is 1. The molecule has 0 saturated heterocycles. The van der Waals surface area contributed by atoms with E-state index in [4.69, 9.17) is 5.11 Å². The second-order valence-electron chi connectivity index (χ2n) is 5.38. The van der Waals surface area contributed by atoms with Gasteiger partial charge >= 0.3 is 5.97 Å². The smallest absolute Gasteiger partial charge is 0.305 e. The van der Waals surface area contributed by atoms with Crippen LogP contribution >= 0.6 is 22.6 Å². The fraction of sp³-hybridized carbons (Fsp3) is 0.467. The number of rotatable bonds is 4. The SMILES string of the molecule is O=C(O)CC1(NC(=O)c2cccc(I)c2)CCCCC1. The molecule has 0 aliphatic heterocycles. The van der Waals surface area contributed by atoms with Crippen LogP contribution in [-0.4, -0.2) is 22.5 Å². The van der Waals surface area contributed by atoms with Crippen LogP contribution in [-0.2, 0) is 4.79 Å². The third-order valence-electron chi connectivity index (χ3n) is 3.77. The van der Waals surface area contributed by atoms with Gasteiger partial charge in [0.05, 0.1) is 12.0 Å². The van der Waals surface area contributed by atoms with Crippen LogP contribution < -0.4 is 5.32 Å². The minimum absolute atomic E-state index is 0.00264. The van der Waals surface area contributed by atoms with Crippen LogP contribution in [0.2, 0.25) is 0 Å². The normalized spacial score (nSPS) is 17.4. The van der Waals surface area contributed by atoms with Crippen molar-refractivity contribution in [1.82, 2.24) is 5.32 Å². The van der Waals surface area contributed by atoms with Gasteiger partial charge in [-0.3, -0.25) is 9.59 Å². The Morgan fingerprint density at radius 3 is 2.55 bits per heavy atom. The summed E-state index contributed by atoms with van der Waals surface area (Å²) >= 11 is 2.16. The van der Waals surface area contributed by atoms with E-state index < -0.39 is 11.5 Å². The minimum Gasteiger partial charge on any atom is -0.481 e. The molecule has 0 unspecified atom stereocenters. The predicted molar refractivity (Wildman–Crippen MR) is 84.7 cm³/mol. The second kappa shape index (κ2) is 6.56. The van der Waals surface area contributed by atoms with E-state index >= 15 is 0 Å². The Kier molecular flexibility index (Phi) is 5.01. The van der Waals surface area contributed by atoms with Crippen molar-refractivity contribution in [2.75, 3.05) is 0 Å². The molecular weight excluding hydrogens is 369 g/mol. The lowest BCUT2D eigenvalue weighted by atomic mass is 9.79. The number of halogens is 1. The number of hydrogen-bond donors (Lipinski definition) is 2. The van der Waals surface area contributed by atoms with Crippen LogP contribution in [0.25, 0.3) is 0 Å². The van der Waals surface area contributed by atoms with E-state index in [1.807, 2.05) is 18.2 Å². The highest BCUT2D eigenvalue weighted by atomic mass is 127. The topological polar surface area (TPSA) is 66.4 Å². The maximum absolute atomic E-state index is 12.3. The summed E-state index contributed by atoms with van der Waals surface area (Å²) in [5, 5.41) is 12.1. The number of carboxylic acids is 1. The van der Waals surface area contributed by atoms with E-state index in [1.54, 1.807) is 6.07 Å². The lowest BCUT2D eigenvalue weighted by Gasteiger charge is -2.37. The molecule has 0 bridgehead atoms. The summed E-state index contributed by atoms with van der Waals surface area (Å²) in [7, 11) is 0. The largest absolute Gasteiger partial charge is 0.481 e. The summed E-state index contributed by atoms with van der Waals surface area (Å²) in [4.78, 5) is 23.4. The van der Waals surface area contributed by atoms with E-state index in [0.717, 1.165) is 35.7 Å². The molecule has 2 rings (SSSR count). The van der Waals surface area contributed by atoms with Crippen LogP contribution in [0.15, 0.2) is 24.3 Å². The summed E-state index contributed by atoms with van der Waals surface area (Å²) < 4.78 is 0.992. The van der Waals surface area contributed by atoms with Crippen molar-refractivity contribution in [2.45, 2.75) is 44.1 Å². The van der Waals surface area contributed by atoms with E-state index in [-0.39, 0.29) is 12.3 Å².